The van der Waals surface area contributed by atoms with Crippen LogP contribution in [0.25, 0.3) is 0 Å². The number of carbonyl (C=O) groups excluding carboxylic acids is 3. The lowest BCUT2D eigenvalue weighted by Gasteiger charge is -2.09. The summed E-state index contributed by atoms with van der Waals surface area (Å²) in [5, 5.41) is 2.70. The molecular formula is C20H19F2NO5. The number of nitrogens with one attached hydrogen (secondary N) is 1. The molecule has 0 aliphatic heterocycles. The quantitative estimate of drug-likeness (QED) is 0.545. The average Bonchev–Trinajstić information content (AvgIpc) is 2.66. The lowest BCUT2D eigenvalue weighted by Crippen LogP contribution is -2.18. The van der Waals surface area contributed by atoms with E-state index in [-0.39, 0.29) is 23.1 Å². The summed E-state index contributed by atoms with van der Waals surface area (Å²) in [6.45, 7) is -0.00861. The van der Waals surface area contributed by atoms with Gasteiger partial charge in [0.25, 0.3) is 0 Å². The summed E-state index contributed by atoms with van der Waals surface area (Å²) < 4.78 is 33.6. The van der Waals surface area contributed by atoms with Crippen molar-refractivity contribution in [2.24, 2.45) is 5.92 Å². The largest absolute Gasteiger partial charge is 0.454 e. The summed E-state index contributed by atoms with van der Waals surface area (Å²) in [4.78, 5) is 35.8. The van der Waals surface area contributed by atoms with Gasteiger partial charge < -0.3 is 14.8 Å². The van der Waals surface area contributed by atoms with Crippen LogP contribution in [0.3, 0.4) is 0 Å². The number of benzene rings is 2. The summed E-state index contributed by atoms with van der Waals surface area (Å²) in [5.41, 5.74) is 0.825. The minimum absolute atomic E-state index is 0.0160. The van der Waals surface area contributed by atoms with Gasteiger partial charge in [-0.05, 0) is 42.5 Å². The van der Waals surface area contributed by atoms with E-state index < -0.39 is 25.0 Å². The second-order valence-electron chi connectivity index (χ2n) is 6.13. The van der Waals surface area contributed by atoms with Crippen LogP contribution in [0.15, 0.2) is 48.5 Å². The number of halogens is 2. The number of amides is 1. The topological polar surface area (TPSA) is 81.7 Å². The Morgan fingerprint density at radius 3 is 2.29 bits per heavy atom. The van der Waals surface area contributed by atoms with Gasteiger partial charge in [0.1, 0.15) is 5.75 Å². The van der Waals surface area contributed by atoms with Crippen molar-refractivity contribution >= 4 is 23.3 Å². The molecule has 1 amide bonds. The zero-order chi connectivity index (χ0) is 20.7. The molecule has 2 aromatic carbocycles. The number of esters is 1. The standard InChI is InChI=1S/C20H19F2NO5/c1-12(2)18(25)23-15-8-6-13(7-9-15)17(24)11-27-19(26)14-4-3-5-16(10-14)28-20(21)22/h3-10,12,20H,11H2,1-2H3,(H,23,25). The fourth-order valence-electron chi connectivity index (χ4n) is 2.12. The van der Waals surface area contributed by atoms with Gasteiger partial charge in [-0.15, -0.1) is 0 Å². The van der Waals surface area contributed by atoms with Crippen LogP contribution >= 0.6 is 0 Å². The predicted octanol–water partition coefficient (Wildman–Crippen LogP) is 3.92. The third-order valence-corrected chi connectivity index (χ3v) is 3.63. The average molecular weight is 391 g/mol. The number of hydrogen-bond donors (Lipinski definition) is 1. The van der Waals surface area contributed by atoms with Crippen molar-refractivity contribution in [2.75, 3.05) is 11.9 Å². The van der Waals surface area contributed by atoms with Gasteiger partial charge in [-0.25, -0.2) is 4.79 Å². The minimum Gasteiger partial charge on any atom is -0.454 e. The summed E-state index contributed by atoms with van der Waals surface area (Å²) >= 11 is 0. The maximum atomic E-state index is 12.2. The molecule has 0 aliphatic rings. The molecule has 0 unspecified atom stereocenters. The zero-order valence-electron chi connectivity index (χ0n) is 15.3. The first-order valence-corrected chi connectivity index (χ1v) is 8.42. The van der Waals surface area contributed by atoms with Crippen molar-refractivity contribution in [2.45, 2.75) is 20.5 Å². The lowest BCUT2D eigenvalue weighted by atomic mass is 10.1. The summed E-state index contributed by atoms with van der Waals surface area (Å²) in [6, 6.07) is 11.2. The second kappa shape index (κ2) is 9.59. The molecule has 6 nitrogen and oxygen atoms in total. The highest BCUT2D eigenvalue weighted by Gasteiger charge is 2.14. The molecule has 0 heterocycles. The monoisotopic (exact) mass is 391 g/mol. The van der Waals surface area contributed by atoms with Crippen LogP contribution in [0.5, 0.6) is 5.75 Å². The third-order valence-electron chi connectivity index (χ3n) is 3.63. The highest BCUT2D eigenvalue weighted by atomic mass is 19.3. The molecule has 8 heteroatoms. The minimum atomic E-state index is -3.01. The van der Waals surface area contributed by atoms with Gasteiger partial charge in [0, 0.05) is 17.2 Å². The zero-order valence-corrected chi connectivity index (χ0v) is 15.3. The van der Waals surface area contributed by atoms with E-state index in [1.807, 2.05) is 0 Å². The molecular weight excluding hydrogens is 372 g/mol. The van der Waals surface area contributed by atoms with Gasteiger partial charge >= 0.3 is 12.6 Å². The fraction of sp³-hybridized carbons (Fsp3) is 0.250. The summed E-state index contributed by atoms with van der Waals surface area (Å²) in [6.07, 6.45) is 0. The molecule has 0 fully saturated rings. The molecule has 2 aromatic rings. The number of ketones is 1. The summed E-state index contributed by atoms with van der Waals surface area (Å²) in [7, 11) is 0. The van der Waals surface area contributed by atoms with Crippen molar-refractivity contribution < 1.29 is 32.6 Å². The molecule has 1 N–H and O–H groups in total. The highest BCUT2D eigenvalue weighted by Crippen LogP contribution is 2.17. The van der Waals surface area contributed by atoms with Crippen LogP contribution in [0.1, 0.15) is 34.6 Å². The Kier molecular flexibility index (Phi) is 7.20. The Balaban J connectivity index is 1.93. The number of alkyl halides is 2. The van der Waals surface area contributed by atoms with E-state index in [1.165, 1.54) is 30.3 Å². The maximum absolute atomic E-state index is 12.2. The van der Waals surface area contributed by atoms with Crippen LogP contribution in [-0.2, 0) is 9.53 Å². The molecule has 0 aromatic heterocycles. The van der Waals surface area contributed by atoms with E-state index in [0.29, 0.717) is 11.3 Å². The molecule has 0 radical (unpaired) electrons. The van der Waals surface area contributed by atoms with E-state index in [4.69, 9.17) is 4.74 Å². The molecule has 2 rings (SSSR count). The van der Waals surface area contributed by atoms with E-state index in [0.717, 1.165) is 6.07 Å². The Morgan fingerprint density at radius 2 is 1.68 bits per heavy atom. The van der Waals surface area contributed by atoms with E-state index >= 15 is 0 Å². The second-order valence-corrected chi connectivity index (χ2v) is 6.13. The van der Waals surface area contributed by atoms with Gasteiger partial charge in [0.05, 0.1) is 5.56 Å². The smallest absolute Gasteiger partial charge is 0.387 e. The maximum Gasteiger partial charge on any atom is 0.387 e. The normalized spacial score (nSPS) is 10.6. The van der Waals surface area contributed by atoms with Crippen molar-refractivity contribution in [3.8, 4) is 5.75 Å². The number of anilines is 1. The molecule has 0 saturated carbocycles. The highest BCUT2D eigenvalue weighted by molar-refractivity contribution is 6.00. The van der Waals surface area contributed by atoms with Crippen LogP contribution in [-0.4, -0.2) is 30.9 Å². The van der Waals surface area contributed by atoms with Crippen molar-refractivity contribution in [3.63, 3.8) is 0 Å². The van der Waals surface area contributed by atoms with Crippen LogP contribution in [0.4, 0.5) is 14.5 Å². The fourth-order valence-corrected chi connectivity index (χ4v) is 2.12. The molecule has 0 spiro atoms. The molecule has 148 valence electrons. The number of rotatable bonds is 8. The predicted molar refractivity (Wildman–Crippen MR) is 97.6 cm³/mol. The van der Waals surface area contributed by atoms with Gasteiger partial charge in [-0.1, -0.05) is 19.9 Å². The molecule has 0 saturated heterocycles. The number of ether oxygens (including phenoxy) is 2. The number of carbonyl (C=O) groups is 3. The van der Waals surface area contributed by atoms with E-state index in [9.17, 15) is 23.2 Å². The Bertz CT molecular complexity index is 850. The van der Waals surface area contributed by atoms with Crippen molar-refractivity contribution in [1.82, 2.24) is 0 Å². The van der Waals surface area contributed by atoms with E-state index in [1.54, 1.807) is 26.0 Å². The Morgan fingerprint density at radius 1 is 1.00 bits per heavy atom. The Labute approximate surface area is 160 Å². The van der Waals surface area contributed by atoms with Gasteiger partial charge in [0.2, 0.25) is 5.91 Å². The van der Waals surface area contributed by atoms with E-state index in [2.05, 4.69) is 10.1 Å². The van der Waals surface area contributed by atoms with Gasteiger partial charge in [-0.2, -0.15) is 8.78 Å². The SMILES string of the molecule is CC(C)C(=O)Nc1ccc(C(=O)COC(=O)c2cccc(OC(F)F)c2)cc1. The lowest BCUT2D eigenvalue weighted by molar-refractivity contribution is -0.118. The first-order chi connectivity index (χ1) is 13.3. The molecule has 0 aliphatic carbocycles. The summed E-state index contributed by atoms with van der Waals surface area (Å²) in [5.74, 6) is -1.80. The van der Waals surface area contributed by atoms with Crippen LogP contribution in [0.2, 0.25) is 0 Å². The van der Waals surface area contributed by atoms with Crippen molar-refractivity contribution in [3.05, 3.63) is 59.7 Å². The van der Waals surface area contributed by atoms with Crippen molar-refractivity contribution in [1.29, 1.82) is 0 Å². The number of hydrogen-bond acceptors (Lipinski definition) is 5. The van der Waals surface area contributed by atoms with Crippen LogP contribution in [0, 0.1) is 5.92 Å². The first kappa shape index (κ1) is 21.0. The number of Topliss-reactive ketones (excluding diaryl/α,β-unsaturated/α-hetero) is 1. The molecule has 28 heavy (non-hydrogen) atoms. The first-order valence-electron chi connectivity index (χ1n) is 8.42. The van der Waals surface area contributed by atoms with Gasteiger partial charge in [-0.3, -0.25) is 9.59 Å². The Hall–Kier alpha value is -3.29. The van der Waals surface area contributed by atoms with Gasteiger partial charge in [0.15, 0.2) is 12.4 Å². The van der Waals surface area contributed by atoms with Crippen LogP contribution < -0.4 is 10.1 Å². The molecule has 0 bridgehead atoms. The molecule has 0 atom stereocenters. The third kappa shape index (κ3) is 6.15.